The Kier molecular flexibility index (Phi) is 5.47. The molecule has 0 aliphatic heterocycles. The van der Waals surface area contributed by atoms with Crippen molar-refractivity contribution >= 4 is 6.29 Å². The van der Waals surface area contributed by atoms with E-state index in [1.54, 1.807) is 0 Å². The van der Waals surface area contributed by atoms with Crippen molar-refractivity contribution in [1.82, 2.24) is 0 Å². The number of allylic oxidation sites excluding steroid dienone is 1. The van der Waals surface area contributed by atoms with Gasteiger partial charge in [-0.15, -0.1) is 6.58 Å². The first-order chi connectivity index (χ1) is 8.26. The van der Waals surface area contributed by atoms with E-state index in [2.05, 4.69) is 19.6 Å². The second-order valence-electron chi connectivity index (χ2n) is 3.99. The van der Waals surface area contributed by atoms with Crippen LogP contribution in [0.25, 0.3) is 0 Å². The van der Waals surface area contributed by atoms with Crippen molar-refractivity contribution in [3.05, 3.63) is 41.5 Å². The van der Waals surface area contributed by atoms with Gasteiger partial charge in [-0.25, -0.2) is 0 Å². The van der Waals surface area contributed by atoms with Gasteiger partial charge in [0.2, 0.25) is 0 Å². The molecule has 1 aromatic carbocycles. The van der Waals surface area contributed by atoms with Crippen LogP contribution in [0.1, 0.15) is 41.8 Å². The number of carbonyl (C=O) groups is 1. The first kappa shape index (κ1) is 13.5. The summed E-state index contributed by atoms with van der Waals surface area (Å²) in [5, 5.41) is 0. The summed E-state index contributed by atoms with van der Waals surface area (Å²) in [4.78, 5) is 11.1. The molecular formula is C15H20O2. The Bertz CT molecular complexity index is 394. The van der Waals surface area contributed by atoms with Crippen LogP contribution in [-0.4, -0.2) is 12.9 Å². The number of rotatable bonds is 7. The van der Waals surface area contributed by atoms with Crippen LogP contribution in [0, 0.1) is 0 Å². The molecule has 0 unspecified atom stereocenters. The summed E-state index contributed by atoms with van der Waals surface area (Å²) >= 11 is 0. The molecule has 2 nitrogen and oxygen atoms in total. The van der Waals surface area contributed by atoms with Gasteiger partial charge in [-0.3, -0.25) is 4.79 Å². The van der Waals surface area contributed by atoms with E-state index in [9.17, 15) is 4.79 Å². The number of ether oxygens (including phenoxy) is 1. The van der Waals surface area contributed by atoms with Crippen molar-refractivity contribution in [2.24, 2.45) is 0 Å². The highest BCUT2D eigenvalue weighted by molar-refractivity contribution is 5.80. The summed E-state index contributed by atoms with van der Waals surface area (Å²) in [6.45, 7) is 8.51. The molecule has 17 heavy (non-hydrogen) atoms. The zero-order chi connectivity index (χ0) is 12.7. The first-order valence-corrected chi connectivity index (χ1v) is 6.11. The van der Waals surface area contributed by atoms with Crippen LogP contribution in [0.5, 0.6) is 5.75 Å². The lowest BCUT2D eigenvalue weighted by atomic mass is 10.0. The summed E-state index contributed by atoms with van der Waals surface area (Å²) in [5.74, 6) is 0.721. The third-order valence-electron chi connectivity index (χ3n) is 2.60. The summed E-state index contributed by atoms with van der Waals surface area (Å²) < 4.78 is 5.68. The molecule has 2 heteroatoms. The molecule has 92 valence electrons. The molecule has 0 fully saturated rings. The van der Waals surface area contributed by atoms with E-state index in [1.807, 2.05) is 19.1 Å². The first-order valence-electron chi connectivity index (χ1n) is 6.11. The molecule has 0 N–H and O–H groups in total. The van der Waals surface area contributed by atoms with Gasteiger partial charge in [-0.05, 0) is 36.5 Å². The van der Waals surface area contributed by atoms with Crippen molar-refractivity contribution < 1.29 is 9.53 Å². The number of aryl methyl sites for hydroxylation is 1. The molecule has 0 atom stereocenters. The molecule has 0 aromatic heterocycles. The smallest absolute Gasteiger partial charge is 0.153 e. The molecule has 0 heterocycles. The highest BCUT2D eigenvalue weighted by atomic mass is 16.5. The molecule has 0 bridgehead atoms. The Labute approximate surface area is 103 Å². The number of carbonyl (C=O) groups excluding carboxylic acids is 1. The summed E-state index contributed by atoms with van der Waals surface area (Å²) in [6, 6.07) is 4.00. The van der Waals surface area contributed by atoms with Crippen molar-refractivity contribution in [2.45, 2.75) is 33.1 Å². The molecule has 0 aliphatic carbocycles. The van der Waals surface area contributed by atoms with E-state index in [-0.39, 0.29) is 0 Å². The van der Waals surface area contributed by atoms with Crippen LogP contribution in [0.3, 0.4) is 0 Å². The molecular weight excluding hydrogens is 212 g/mol. The average Bonchev–Trinajstić information content (AvgIpc) is 2.36. The zero-order valence-corrected chi connectivity index (χ0v) is 10.7. The summed E-state index contributed by atoms with van der Waals surface area (Å²) in [6.07, 6.45) is 5.28. The lowest BCUT2D eigenvalue weighted by Crippen LogP contribution is -2.03. The van der Waals surface area contributed by atoms with Gasteiger partial charge in [0.15, 0.2) is 6.29 Å². The zero-order valence-electron chi connectivity index (χ0n) is 10.7. The van der Waals surface area contributed by atoms with Crippen molar-refractivity contribution in [3.63, 3.8) is 0 Å². The van der Waals surface area contributed by atoms with Crippen LogP contribution in [0.2, 0.25) is 0 Å². The predicted molar refractivity (Wildman–Crippen MR) is 70.9 cm³/mol. The number of hydrogen-bond donors (Lipinski definition) is 0. The molecule has 0 saturated heterocycles. The van der Waals surface area contributed by atoms with Crippen LogP contribution in [-0.2, 0) is 12.8 Å². The minimum Gasteiger partial charge on any atom is -0.493 e. The van der Waals surface area contributed by atoms with Crippen molar-refractivity contribution in [1.29, 1.82) is 0 Å². The van der Waals surface area contributed by atoms with E-state index < -0.39 is 0 Å². The number of benzene rings is 1. The predicted octanol–water partition coefficient (Wildman–Crippen LogP) is 3.58. The summed E-state index contributed by atoms with van der Waals surface area (Å²) in [5.41, 5.74) is 2.86. The van der Waals surface area contributed by atoms with E-state index >= 15 is 0 Å². The van der Waals surface area contributed by atoms with Crippen LogP contribution >= 0.6 is 0 Å². The standard InChI is InChI=1S/C15H20O2/c1-4-7-13-9-12(6-3)10-14(11-16)15(13)17-8-5-2/h4,9-11H,1,5-8H2,2-3H3. The highest BCUT2D eigenvalue weighted by Crippen LogP contribution is 2.26. The van der Waals surface area contributed by atoms with Gasteiger partial charge in [-0.1, -0.05) is 26.0 Å². The minimum absolute atomic E-state index is 0.635. The molecule has 1 aromatic rings. The fourth-order valence-corrected chi connectivity index (χ4v) is 1.76. The van der Waals surface area contributed by atoms with E-state index in [4.69, 9.17) is 4.74 Å². The quantitative estimate of drug-likeness (QED) is 0.530. The Morgan fingerprint density at radius 2 is 2.12 bits per heavy atom. The Balaban J connectivity index is 3.19. The van der Waals surface area contributed by atoms with Crippen molar-refractivity contribution in [3.8, 4) is 5.75 Å². The maximum atomic E-state index is 11.1. The molecule has 0 spiro atoms. The fraction of sp³-hybridized carbons (Fsp3) is 0.400. The lowest BCUT2D eigenvalue weighted by Gasteiger charge is -2.14. The average molecular weight is 232 g/mol. The maximum Gasteiger partial charge on any atom is 0.153 e. The monoisotopic (exact) mass is 232 g/mol. The second kappa shape index (κ2) is 6.89. The number of hydrogen-bond acceptors (Lipinski definition) is 2. The molecule has 0 radical (unpaired) electrons. The van der Waals surface area contributed by atoms with Crippen LogP contribution in [0.4, 0.5) is 0 Å². The van der Waals surface area contributed by atoms with Gasteiger partial charge in [0.25, 0.3) is 0 Å². The van der Waals surface area contributed by atoms with Gasteiger partial charge in [-0.2, -0.15) is 0 Å². The SMILES string of the molecule is C=CCc1cc(CC)cc(C=O)c1OCCC. The van der Waals surface area contributed by atoms with E-state index in [0.29, 0.717) is 12.2 Å². The lowest BCUT2D eigenvalue weighted by molar-refractivity contribution is 0.111. The molecule has 1 rings (SSSR count). The molecule has 0 amide bonds. The Morgan fingerprint density at radius 3 is 2.65 bits per heavy atom. The topological polar surface area (TPSA) is 26.3 Å². The number of aldehydes is 1. The minimum atomic E-state index is 0.635. The third-order valence-corrected chi connectivity index (χ3v) is 2.60. The largest absolute Gasteiger partial charge is 0.493 e. The molecule has 0 saturated carbocycles. The van der Waals surface area contributed by atoms with Crippen LogP contribution < -0.4 is 4.74 Å². The third kappa shape index (κ3) is 3.45. The molecule has 0 aliphatic rings. The Hall–Kier alpha value is -1.57. The second-order valence-corrected chi connectivity index (χ2v) is 3.99. The van der Waals surface area contributed by atoms with E-state index in [1.165, 1.54) is 0 Å². The summed E-state index contributed by atoms with van der Waals surface area (Å²) in [7, 11) is 0. The fourth-order valence-electron chi connectivity index (χ4n) is 1.76. The van der Waals surface area contributed by atoms with Gasteiger partial charge in [0, 0.05) is 0 Å². The Morgan fingerprint density at radius 1 is 1.35 bits per heavy atom. The van der Waals surface area contributed by atoms with E-state index in [0.717, 1.165) is 42.4 Å². The van der Waals surface area contributed by atoms with Gasteiger partial charge in [0.1, 0.15) is 5.75 Å². The highest BCUT2D eigenvalue weighted by Gasteiger charge is 2.10. The van der Waals surface area contributed by atoms with Gasteiger partial charge < -0.3 is 4.74 Å². The van der Waals surface area contributed by atoms with Gasteiger partial charge >= 0.3 is 0 Å². The van der Waals surface area contributed by atoms with Gasteiger partial charge in [0.05, 0.1) is 12.2 Å². The maximum absolute atomic E-state index is 11.1. The normalized spacial score (nSPS) is 10.0. The van der Waals surface area contributed by atoms with Crippen LogP contribution in [0.15, 0.2) is 24.8 Å². The van der Waals surface area contributed by atoms with Crippen molar-refractivity contribution in [2.75, 3.05) is 6.61 Å².